The summed E-state index contributed by atoms with van der Waals surface area (Å²) in [7, 11) is 0. The van der Waals surface area contributed by atoms with Gasteiger partial charge in [-0.2, -0.15) is 0 Å². The fourth-order valence-electron chi connectivity index (χ4n) is 1.31. The number of carbonyl (C=O) groups excluding carboxylic acids is 1. The number of rotatable bonds is 3. The van der Waals surface area contributed by atoms with Crippen molar-refractivity contribution in [3.05, 3.63) is 54.0 Å². The van der Waals surface area contributed by atoms with Crippen LogP contribution in [0.15, 0.2) is 42.7 Å². The third-order valence-corrected chi connectivity index (χ3v) is 2.15. The highest BCUT2D eigenvalue weighted by molar-refractivity contribution is 6.04. The van der Waals surface area contributed by atoms with Crippen LogP contribution in [-0.4, -0.2) is 27.0 Å². The largest absolute Gasteiger partial charge is 0.477 e. The second kappa shape index (κ2) is 5.05. The maximum absolute atomic E-state index is 11.8. The number of hydrogen-bond donors (Lipinski definition) is 2. The lowest BCUT2D eigenvalue weighted by Gasteiger charge is -2.04. The van der Waals surface area contributed by atoms with Gasteiger partial charge in [0.05, 0.1) is 0 Å². The lowest BCUT2D eigenvalue weighted by Crippen LogP contribution is -2.14. The van der Waals surface area contributed by atoms with E-state index in [1.165, 1.54) is 18.3 Å². The summed E-state index contributed by atoms with van der Waals surface area (Å²) in [5.74, 6) is -1.21. The molecule has 2 aromatic rings. The molecule has 2 rings (SSSR count). The Balaban J connectivity index is 2.19. The molecule has 6 heteroatoms. The van der Waals surface area contributed by atoms with Gasteiger partial charge >= 0.3 is 5.97 Å². The third-order valence-electron chi connectivity index (χ3n) is 2.15. The van der Waals surface area contributed by atoms with Crippen LogP contribution >= 0.6 is 0 Å². The molecule has 0 radical (unpaired) electrons. The molecule has 0 aliphatic rings. The fourth-order valence-corrected chi connectivity index (χ4v) is 1.31. The number of carbonyl (C=O) groups is 2. The van der Waals surface area contributed by atoms with Gasteiger partial charge in [0.25, 0.3) is 5.91 Å². The van der Waals surface area contributed by atoms with Gasteiger partial charge in [-0.25, -0.2) is 14.8 Å². The second-order valence-electron chi connectivity index (χ2n) is 3.40. The molecule has 2 aromatic heterocycles. The number of amides is 1. The number of nitrogens with one attached hydrogen (secondary N) is 1. The average Bonchev–Trinajstić information content (AvgIpc) is 2.40. The molecule has 0 spiro atoms. The van der Waals surface area contributed by atoms with Crippen LogP contribution in [0.1, 0.15) is 20.8 Å². The molecule has 0 aliphatic heterocycles. The van der Waals surface area contributed by atoms with Gasteiger partial charge in [0.15, 0.2) is 0 Å². The number of aromatic nitrogens is 2. The molecule has 90 valence electrons. The summed E-state index contributed by atoms with van der Waals surface area (Å²) in [5, 5.41) is 11.3. The number of carboxylic acids is 1. The lowest BCUT2D eigenvalue weighted by molar-refractivity contribution is 0.0690. The molecule has 0 saturated carbocycles. The van der Waals surface area contributed by atoms with E-state index in [-0.39, 0.29) is 11.3 Å². The summed E-state index contributed by atoms with van der Waals surface area (Å²) >= 11 is 0. The van der Waals surface area contributed by atoms with E-state index in [0.717, 1.165) is 0 Å². The first-order valence-corrected chi connectivity index (χ1v) is 5.08. The summed E-state index contributed by atoms with van der Waals surface area (Å²) in [6.45, 7) is 0. The molecule has 0 fully saturated rings. The Morgan fingerprint density at radius 1 is 1.11 bits per heavy atom. The van der Waals surface area contributed by atoms with Crippen molar-refractivity contribution in [3.8, 4) is 0 Å². The van der Waals surface area contributed by atoms with Crippen LogP contribution in [0, 0.1) is 0 Å². The first kappa shape index (κ1) is 11.7. The Kier molecular flexibility index (Phi) is 3.29. The van der Waals surface area contributed by atoms with Crippen molar-refractivity contribution >= 4 is 17.7 Å². The van der Waals surface area contributed by atoms with Gasteiger partial charge in [-0.1, -0.05) is 6.07 Å². The zero-order valence-electron chi connectivity index (χ0n) is 9.20. The molecule has 6 nitrogen and oxygen atoms in total. The Morgan fingerprint density at radius 2 is 1.94 bits per heavy atom. The van der Waals surface area contributed by atoms with Crippen LogP contribution in [0.5, 0.6) is 0 Å². The monoisotopic (exact) mass is 243 g/mol. The molecule has 0 saturated heterocycles. The van der Waals surface area contributed by atoms with E-state index in [9.17, 15) is 9.59 Å². The van der Waals surface area contributed by atoms with Gasteiger partial charge in [-0.05, 0) is 24.3 Å². The van der Waals surface area contributed by atoms with Crippen molar-refractivity contribution < 1.29 is 14.7 Å². The summed E-state index contributed by atoms with van der Waals surface area (Å²) in [4.78, 5) is 30.1. The number of pyridine rings is 2. The highest BCUT2D eigenvalue weighted by Crippen LogP contribution is 2.06. The van der Waals surface area contributed by atoms with E-state index < -0.39 is 11.9 Å². The van der Waals surface area contributed by atoms with Crippen LogP contribution in [0.25, 0.3) is 0 Å². The summed E-state index contributed by atoms with van der Waals surface area (Å²) < 4.78 is 0. The summed E-state index contributed by atoms with van der Waals surface area (Å²) in [6.07, 6.45) is 2.82. The number of hydrogen-bond acceptors (Lipinski definition) is 4. The van der Waals surface area contributed by atoms with Gasteiger partial charge in [0.2, 0.25) is 0 Å². The number of carboxylic acid groups (broad SMARTS) is 1. The first-order chi connectivity index (χ1) is 8.66. The van der Waals surface area contributed by atoms with Crippen molar-refractivity contribution in [1.29, 1.82) is 0 Å². The minimum absolute atomic E-state index is 0.177. The Labute approximate surface area is 102 Å². The fraction of sp³-hybridized carbons (Fsp3) is 0. The molecule has 0 atom stereocenters. The molecule has 1 amide bonds. The van der Waals surface area contributed by atoms with Gasteiger partial charge in [-0.15, -0.1) is 0 Å². The van der Waals surface area contributed by atoms with Crippen molar-refractivity contribution in [1.82, 2.24) is 9.97 Å². The Hall–Kier alpha value is -2.76. The molecule has 18 heavy (non-hydrogen) atoms. The van der Waals surface area contributed by atoms with E-state index in [4.69, 9.17) is 5.11 Å². The first-order valence-electron chi connectivity index (χ1n) is 5.08. The van der Waals surface area contributed by atoms with Gasteiger partial charge in [0.1, 0.15) is 11.5 Å². The molecular formula is C12H9N3O3. The molecule has 2 heterocycles. The quantitative estimate of drug-likeness (QED) is 0.850. The minimum atomic E-state index is -1.18. The predicted molar refractivity (Wildman–Crippen MR) is 63.4 cm³/mol. The Bertz CT molecular complexity index is 584. The topological polar surface area (TPSA) is 92.2 Å². The normalized spacial score (nSPS) is 9.78. The predicted octanol–water partition coefficient (Wildman–Crippen LogP) is 1.43. The van der Waals surface area contributed by atoms with E-state index >= 15 is 0 Å². The number of anilines is 1. The summed E-state index contributed by atoms with van der Waals surface area (Å²) in [6, 6.07) is 7.74. The van der Waals surface area contributed by atoms with Gasteiger partial charge in [0, 0.05) is 18.0 Å². The zero-order chi connectivity index (χ0) is 13.0. The van der Waals surface area contributed by atoms with E-state index in [1.807, 2.05) is 0 Å². The standard InChI is InChI=1S/C12H9N3O3/c16-11(15-10-3-1-2-5-14-10)8-4-6-13-9(7-8)12(17)18/h1-7H,(H,17,18)(H,14,15,16). The molecule has 0 aliphatic carbocycles. The summed E-state index contributed by atoms with van der Waals surface area (Å²) in [5.41, 5.74) is 0.0386. The highest BCUT2D eigenvalue weighted by atomic mass is 16.4. The van der Waals surface area contributed by atoms with E-state index in [1.54, 1.807) is 24.4 Å². The maximum Gasteiger partial charge on any atom is 0.354 e. The van der Waals surface area contributed by atoms with Crippen molar-refractivity contribution in [2.45, 2.75) is 0 Å². The SMILES string of the molecule is O=C(Nc1ccccn1)c1ccnc(C(=O)O)c1. The number of aromatic carboxylic acids is 1. The highest BCUT2D eigenvalue weighted by Gasteiger charge is 2.10. The van der Waals surface area contributed by atoms with E-state index in [0.29, 0.717) is 5.82 Å². The van der Waals surface area contributed by atoms with Crippen LogP contribution < -0.4 is 5.32 Å². The number of nitrogens with zero attached hydrogens (tertiary/aromatic N) is 2. The second-order valence-corrected chi connectivity index (χ2v) is 3.40. The van der Waals surface area contributed by atoms with Crippen LogP contribution in [-0.2, 0) is 0 Å². The van der Waals surface area contributed by atoms with Gasteiger partial charge < -0.3 is 10.4 Å². The van der Waals surface area contributed by atoms with Crippen molar-refractivity contribution in [2.75, 3.05) is 5.32 Å². The van der Waals surface area contributed by atoms with Crippen molar-refractivity contribution in [3.63, 3.8) is 0 Å². The molecule has 0 unspecified atom stereocenters. The smallest absolute Gasteiger partial charge is 0.354 e. The molecule has 0 aromatic carbocycles. The Morgan fingerprint density at radius 3 is 2.61 bits per heavy atom. The lowest BCUT2D eigenvalue weighted by atomic mass is 10.2. The van der Waals surface area contributed by atoms with Crippen LogP contribution in [0.2, 0.25) is 0 Å². The minimum Gasteiger partial charge on any atom is -0.477 e. The van der Waals surface area contributed by atoms with Crippen molar-refractivity contribution in [2.24, 2.45) is 0 Å². The average molecular weight is 243 g/mol. The van der Waals surface area contributed by atoms with Gasteiger partial charge in [-0.3, -0.25) is 4.79 Å². The molecular weight excluding hydrogens is 234 g/mol. The van der Waals surface area contributed by atoms with E-state index in [2.05, 4.69) is 15.3 Å². The molecule has 2 N–H and O–H groups in total. The maximum atomic E-state index is 11.8. The van der Waals surface area contributed by atoms with Crippen LogP contribution in [0.3, 0.4) is 0 Å². The van der Waals surface area contributed by atoms with Crippen LogP contribution in [0.4, 0.5) is 5.82 Å². The third kappa shape index (κ3) is 2.67. The molecule has 0 bridgehead atoms. The zero-order valence-corrected chi connectivity index (χ0v) is 9.20.